The van der Waals surface area contributed by atoms with Crippen molar-refractivity contribution in [3.05, 3.63) is 0 Å². The van der Waals surface area contributed by atoms with Gasteiger partial charge in [-0.3, -0.25) is 0 Å². The molecule has 0 aromatic heterocycles. The molecule has 2 rings (SSSR count). The molecule has 2 saturated carbocycles. The molecule has 0 aliphatic heterocycles. The fourth-order valence-electron chi connectivity index (χ4n) is 2.83. The number of rotatable bonds is 4. The van der Waals surface area contributed by atoms with E-state index in [4.69, 9.17) is 4.74 Å². The van der Waals surface area contributed by atoms with Crippen LogP contribution in [-0.2, 0) is 4.74 Å². The summed E-state index contributed by atoms with van der Waals surface area (Å²) >= 11 is 0. The van der Waals surface area contributed by atoms with Crippen LogP contribution in [0.2, 0.25) is 0 Å². The fraction of sp³-hybridized carbons (Fsp3) is 0.923. The molecule has 0 bridgehead atoms. The molecule has 2 aliphatic carbocycles. The van der Waals surface area contributed by atoms with E-state index >= 15 is 0 Å². The van der Waals surface area contributed by atoms with Crippen molar-refractivity contribution in [1.29, 1.82) is 0 Å². The fourth-order valence-corrected chi connectivity index (χ4v) is 2.83. The first-order valence-electron chi connectivity index (χ1n) is 6.89. The zero-order valence-electron chi connectivity index (χ0n) is 10.7. The van der Waals surface area contributed by atoms with E-state index in [9.17, 15) is 4.79 Å². The molecule has 17 heavy (non-hydrogen) atoms. The molecule has 1 amide bonds. The van der Waals surface area contributed by atoms with Gasteiger partial charge in [0, 0.05) is 6.04 Å². The lowest BCUT2D eigenvalue weighted by Crippen LogP contribution is -2.43. The summed E-state index contributed by atoms with van der Waals surface area (Å²) in [5, 5.41) is 6.14. The highest BCUT2D eigenvalue weighted by Crippen LogP contribution is 2.29. The number of carbonyl (C=O) groups excluding carboxylic acids is 1. The molecule has 98 valence electrons. The summed E-state index contributed by atoms with van der Waals surface area (Å²) < 4.78 is 5.39. The Hall–Kier alpha value is -0.770. The third kappa shape index (κ3) is 3.87. The van der Waals surface area contributed by atoms with Gasteiger partial charge in [-0.15, -0.1) is 0 Å². The maximum atomic E-state index is 11.6. The van der Waals surface area contributed by atoms with E-state index in [0.717, 1.165) is 32.2 Å². The van der Waals surface area contributed by atoms with Crippen LogP contribution in [0.1, 0.15) is 44.9 Å². The quantitative estimate of drug-likeness (QED) is 0.790. The smallest absolute Gasteiger partial charge is 0.407 e. The minimum Gasteiger partial charge on any atom is -0.446 e. The Bertz CT molecular complexity index is 246. The van der Waals surface area contributed by atoms with Gasteiger partial charge in [0.05, 0.1) is 0 Å². The predicted octanol–water partition coefficient (Wildman–Crippen LogP) is 2.04. The van der Waals surface area contributed by atoms with Crippen molar-refractivity contribution in [3.63, 3.8) is 0 Å². The second kappa shape index (κ2) is 6.24. The van der Waals surface area contributed by atoms with Gasteiger partial charge in [0.15, 0.2) is 0 Å². The van der Waals surface area contributed by atoms with Crippen molar-refractivity contribution >= 4 is 6.09 Å². The van der Waals surface area contributed by atoms with Gasteiger partial charge >= 0.3 is 6.09 Å². The van der Waals surface area contributed by atoms with Gasteiger partial charge in [-0.1, -0.05) is 19.3 Å². The Morgan fingerprint density at radius 2 is 1.94 bits per heavy atom. The van der Waals surface area contributed by atoms with Crippen LogP contribution in [0, 0.1) is 5.92 Å². The molecule has 0 radical (unpaired) electrons. The topological polar surface area (TPSA) is 50.4 Å². The van der Waals surface area contributed by atoms with Crippen LogP contribution < -0.4 is 10.6 Å². The van der Waals surface area contributed by atoms with Gasteiger partial charge in [0.2, 0.25) is 0 Å². The minimum absolute atomic E-state index is 0.150. The number of nitrogens with one attached hydrogen (secondary N) is 2. The van der Waals surface area contributed by atoms with E-state index < -0.39 is 0 Å². The molecule has 0 saturated heterocycles. The molecule has 0 heterocycles. The van der Waals surface area contributed by atoms with Crippen LogP contribution in [0.25, 0.3) is 0 Å². The standard InChI is InChI=1S/C13H24N2O2/c1-14-9-10-7-12(8-10)17-13(16)15-11-5-3-2-4-6-11/h10-12,14H,2-9H2,1H3,(H,15,16). The van der Waals surface area contributed by atoms with Crippen molar-refractivity contribution in [2.75, 3.05) is 13.6 Å². The average molecular weight is 240 g/mol. The zero-order chi connectivity index (χ0) is 12.1. The Morgan fingerprint density at radius 1 is 1.24 bits per heavy atom. The summed E-state index contributed by atoms with van der Waals surface area (Å²) in [7, 11) is 1.96. The van der Waals surface area contributed by atoms with E-state index in [2.05, 4.69) is 10.6 Å². The molecule has 0 spiro atoms. The summed E-state index contributed by atoms with van der Waals surface area (Å²) in [5.41, 5.74) is 0. The largest absolute Gasteiger partial charge is 0.446 e. The lowest BCUT2D eigenvalue weighted by atomic mass is 9.82. The molecule has 2 aliphatic rings. The number of hydrogen-bond donors (Lipinski definition) is 2. The van der Waals surface area contributed by atoms with E-state index in [0.29, 0.717) is 12.0 Å². The van der Waals surface area contributed by atoms with Crippen LogP contribution in [0.3, 0.4) is 0 Å². The van der Waals surface area contributed by atoms with Gasteiger partial charge in [0.25, 0.3) is 0 Å². The van der Waals surface area contributed by atoms with Gasteiger partial charge in [-0.25, -0.2) is 4.79 Å². The van der Waals surface area contributed by atoms with Crippen LogP contribution >= 0.6 is 0 Å². The molecule has 4 heteroatoms. The molecule has 4 nitrogen and oxygen atoms in total. The van der Waals surface area contributed by atoms with Crippen LogP contribution in [0.15, 0.2) is 0 Å². The van der Waals surface area contributed by atoms with Crippen LogP contribution in [0.5, 0.6) is 0 Å². The Morgan fingerprint density at radius 3 is 2.59 bits per heavy atom. The number of carbonyl (C=O) groups is 1. The highest BCUT2D eigenvalue weighted by atomic mass is 16.6. The van der Waals surface area contributed by atoms with Crippen LogP contribution in [0.4, 0.5) is 4.79 Å². The molecule has 0 unspecified atom stereocenters. The molecule has 2 N–H and O–H groups in total. The first-order valence-corrected chi connectivity index (χ1v) is 6.89. The van der Waals surface area contributed by atoms with Gasteiger partial charge in [-0.2, -0.15) is 0 Å². The molecule has 2 fully saturated rings. The molecule has 0 aromatic rings. The van der Waals surface area contributed by atoms with E-state index in [1.165, 1.54) is 19.3 Å². The van der Waals surface area contributed by atoms with Gasteiger partial charge in [0.1, 0.15) is 6.10 Å². The zero-order valence-corrected chi connectivity index (χ0v) is 10.7. The highest BCUT2D eigenvalue weighted by Gasteiger charge is 2.31. The monoisotopic (exact) mass is 240 g/mol. The summed E-state index contributed by atoms with van der Waals surface area (Å²) in [6, 6.07) is 0.351. The van der Waals surface area contributed by atoms with Crippen molar-refractivity contribution in [2.45, 2.75) is 57.1 Å². The molecular formula is C13H24N2O2. The van der Waals surface area contributed by atoms with Crippen molar-refractivity contribution in [1.82, 2.24) is 10.6 Å². The first kappa shape index (κ1) is 12.7. The van der Waals surface area contributed by atoms with Gasteiger partial charge < -0.3 is 15.4 Å². The number of alkyl carbamates (subject to hydrolysis) is 1. The maximum absolute atomic E-state index is 11.6. The second-order valence-corrected chi connectivity index (χ2v) is 5.40. The maximum Gasteiger partial charge on any atom is 0.407 e. The lowest BCUT2D eigenvalue weighted by Gasteiger charge is -2.35. The van der Waals surface area contributed by atoms with Gasteiger partial charge in [-0.05, 0) is 45.2 Å². The highest BCUT2D eigenvalue weighted by molar-refractivity contribution is 5.67. The summed E-state index contributed by atoms with van der Waals surface area (Å²) in [6.07, 6.45) is 7.97. The number of hydrogen-bond acceptors (Lipinski definition) is 3. The molecule has 0 atom stereocenters. The molecule has 0 aromatic carbocycles. The summed E-state index contributed by atoms with van der Waals surface area (Å²) in [6.45, 7) is 1.03. The molecular weight excluding hydrogens is 216 g/mol. The van der Waals surface area contributed by atoms with Crippen molar-refractivity contribution in [3.8, 4) is 0 Å². The number of amides is 1. The third-order valence-electron chi connectivity index (χ3n) is 3.89. The third-order valence-corrected chi connectivity index (χ3v) is 3.89. The van der Waals surface area contributed by atoms with E-state index in [-0.39, 0.29) is 12.2 Å². The summed E-state index contributed by atoms with van der Waals surface area (Å²) in [4.78, 5) is 11.6. The number of ether oxygens (including phenoxy) is 1. The average Bonchev–Trinajstić information content (AvgIpc) is 2.27. The normalized spacial score (nSPS) is 29.5. The minimum atomic E-state index is -0.204. The second-order valence-electron chi connectivity index (χ2n) is 5.40. The van der Waals surface area contributed by atoms with E-state index in [1.54, 1.807) is 0 Å². The van der Waals surface area contributed by atoms with E-state index in [1.807, 2.05) is 7.05 Å². The summed E-state index contributed by atoms with van der Waals surface area (Å²) in [5.74, 6) is 0.687. The van der Waals surface area contributed by atoms with Crippen molar-refractivity contribution < 1.29 is 9.53 Å². The Labute approximate surface area is 103 Å². The Balaban J connectivity index is 1.58. The van der Waals surface area contributed by atoms with Crippen LogP contribution in [-0.4, -0.2) is 31.8 Å². The first-order chi connectivity index (χ1) is 8.28. The Kier molecular flexibility index (Phi) is 4.66. The van der Waals surface area contributed by atoms with Crippen molar-refractivity contribution in [2.24, 2.45) is 5.92 Å². The SMILES string of the molecule is CNCC1CC(OC(=O)NC2CCCCC2)C1. The predicted molar refractivity (Wildman–Crippen MR) is 66.9 cm³/mol. The lowest BCUT2D eigenvalue weighted by molar-refractivity contribution is 0.0162.